The van der Waals surface area contributed by atoms with Crippen LogP contribution in [0.2, 0.25) is 5.54 Å². The average molecular weight is 241 g/mol. The molecule has 0 saturated carbocycles. The van der Waals surface area contributed by atoms with Crippen LogP contribution in [0.25, 0.3) is 0 Å². The van der Waals surface area contributed by atoms with Crippen LogP contribution in [0, 0.1) is 0 Å². The third-order valence-corrected chi connectivity index (χ3v) is 4.56. The molecule has 1 aliphatic rings. The van der Waals surface area contributed by atoms with E-state index in [-0.39, 0.29) is 0 Å². The van der Waals surface area contributed by atoms with E-state index in [4.69, 9.17) is 5.73 Å². The van der Waals surface area contributed by atoms with Gasteiger partial charge >= 0.3 is 0 Å². The van der Waals surface area contributed by atoms with Gasteiger partial charge in [-0.3, -0.25) is 0 Å². The fourth-order valence-electron chi connectivity index (χ4n) is 2.15. The Morgan fingerprint density at radius 2 is 2.24 bits per heavy atom. The molecule has 0 saturated heterocycles. The molecule has 0 fully saturated rings. The maximum atomic E-state index is 5.68. The highest BCUT2D eigenvalue weighted by Gasteiger charge is 2.15. The van der Waals surface area contributed by atoms with E-state index in [2.05, 4.69) is 49.4 Å². The van der Waals surface area contributed by atoms with Crippen LogP contribution in [0.15, 0.2) is 48.1 Å². The Hall–Kier alpha value is -1.12. The van der Waals surface area contributed by atoms with Gasteiger partial charge in [-0.2, -0.15) is 0 Å². The Bertz CT molecular complexity index is 434. The SMILES string of the molecule is CCCC1=CC=CC1[Si]c1cccc(CN)c1. The highest BCUT2D eigenvalue weighted by Crippen LogP contribution is 2.27. The lowest BCUT2D eigenvalue weighted by atomic mass is 10.1. The van der Waals surface area contributed by atoms with E-state index in [9.17, 15) is 0 Å². The molecule has 0 aromatic heterocycles. The van der Waals surface area contributed by atoms with Crippen molar-refractivity contribution in [3.05, 3.63) is 53.6 Å². The van der Waals surface area contributed by atoms with E-state index in [1.165, 1.54) is 23.6 Å². The van der Waals surface area contributed by atoms with Gasteiger partial charge in [0.2, 0.25) is 0 Å². The molecule has 0 amide bonds. The van der Waals surface area contributed by atoms with Crippen molar-refractivity contribution in [3.63, 3.8) is 0 Å². The van der Waals surface area contributed by atoms with Gasteiger partial charge in [-0.25, -0.2) is 0 Å². The van der Waals surface area contributed by atoms with Crippen molar-refractivity contribution in [1.29, 1.82) is 0 Å². The molecule has 1 aromatic carbocycles. The number of hydrogen-bond acceptors (Lipinski definition) is 1. The first-order chi connectivity index (χ1) is 8.33. The van der Waals surface area contributed by atoms with Crippen LogP contribution >= 0.6 is 0 Å². The van der Waals surface area contributed by atoms with Gasteiger partial charge < -0.3 is 5.73 Å². The zero-order valence-electron chi connectivity index (χ0n) is 10.3. The van der Waals surface area contributed by atoms with Crippen molar-refractivity contribution in [2.45, 2.75) is 31.9 Å². The van der Waals surface area contributed by atoms with Crippen LogP contribution in [0.3, 0.4) is 0 Å². The molecule has 1 atom stereocenters. The largest absolute Gasteiger partial charge is 0.326 e. The maximum absolute atomic E-state index is 5.68. The standard InChI is InChI=1S/C15H19NSi/c1-2-5-13-7-4-9-15(13)17-14-8-3-6-12(10-14)11-16/h3-4,6-10,15H,2,5,11,16H2,1H3. The second kappa shape index (κ2) is 5.99. The molecule has 0 heterocycles. The monoisotopic (exact) mass is 241 g/mol. The summed E-state index contributed by atoms with van der Waals surface area (Å²) >= 11 is 0. The maximum Gasteiger partial charge on any atom is 0.0936 e. The summed E-state index contributed by atoms with van der Waals surface area (Å²) < 4.78 is 0. The predicted molar refractivity (Wildman–Crippen MR) is 75.6 cm³/mol. The Kier molecular flexibility index (Phi) is 4.34. The molecule has 0 bridgehead atoms. The fourth-order valence-corrected chi connectivity index (χ4v) is 3.61. The van der Waals surface area contributed by atoms with Crippen LogP contribution in [0.1, 0.15) is 25.3 Å². The van der Waals surface area contributed by atoms with Crippen molar-refractivity contribution in [1.82, 2.24) is 0 Å². The summed E-state index contributed by atoms with van der Waals surface area (Å²) in [5.74, 6) is 0. The number of benzene rings is 1. The molecule has 2 N–H and O–H groups in total. The second-order valence-corrected chi connectivity index (χ2v) is 5.89. The number of nitrogens with two attached hydrogens (primary N) is 1. The Morgan fingerprint density at radius 3 is 3.00 bits per heavy atom. The van der Waals surface area contributed by atoms with E-state index < -0.39 is 0 Å². The molecule has 1 unspecified atom stereocenters. The minimum Gasteiger partial charge on any atom is -0.326 e. The number of rotatable bonds is 5. The van der Waals surface area contributed by atoms with Gasteiger partial charge in [-0.15, -0.1) is 0 Å². The summed E-state index contributed by atoms with van der Waals surface area (Å²) in [6, 6.07) is 8.68. The molecule has 1 aromatic rings. The normalized spacial score (nSPS) is 18.5. The molecule has 17 heavy (non-hydrogen) atoms. The van der Waals surface area contributed by atoms with Crippen molar-refractivity contribution in [2.24, 2.45) is 5.73 Å². The van der Waals surface area contributed by atoms with Crippen LogP contribution < -0.4 is 10.9 Å². The minimum absolute atomic E-state index is 0.628. The van der Waals surface area contributed by atoms with Crippen LogP contribution in [0.5, 0.6) is 0 Å². The van der Waals surface area contributed by atoms with Crippen molar-refractivity contribution in [3.8, 4) is 0 Å². The minimum atomic E-state index is 0.628. The highest BCUT2D eigenvalue weighted by atomic mass is 28.2. The molecule has 0 spiro atoms. The van der Waals surface area contributed by atoms with Crippen LogP contribution in [-0.4, -0.2) is 9.52 Å². The molecular formula is C15H19NSi. The first-order valence-corrected chi connectivity index (χ1v) is 7.34. The lowest BCUT2D eigenvalue weighted by Crippen LogP contribution is -2.20. The number of hydrogen-bond donors (Lipinski definition) is 1. The molecule has 2 radical (unpaired) electrons. The third-order valence-electron chi connectivity index (χ3n) is 3.04. The zero-order chi connectivity index (χ0) is 12.1. The van der Waals surface area contributed by atoms with Gasteiger partial charge in [0.05, 0.1) is 9.52 Å². The van der Waals surface area contributed by atoms with Gasteiger partial charge in [-0.1, -0.05) is 66.6 Å². The Balaban J connectivity index is 2.05. The van der Waals surface area contributed by atoms with E-state index >= 15 is 0 Å². The van der Waals surface area contributed by atoms with Gasteiger partial charge in [0.1, 0.15) is 0 Å². The summed E-state index contributed by atoms with van der Waals surface area (Å²) in [6.07, 6.45) is 9.28. The van der Waals surface area contributed by atoms with Crippen molar-refractivity contribution >= 4 is 14.7 Å². The van der Waals surface area contributed by atoms with Crippen LogP contribution in [-0.2, 0) is 6.54 Å². The Morgan fingerprint density at radius 1 is 1.35 bits per heavy atom. The topological polar surface area (TPSA) is 26.0 Å². The van der Waals surface area contributed by atoms with E-state index in [0.717, 1.165) is 9.52 Å². The lowest BCUT2D eigenvalue weighted by molar-refractivity contribution is 0.884. The van der Waals surface area contributed by atoms with Gasteiger partial charge in [0.15, 0.2) is 0 Å². The summed E-state index contributed by atoms with van der Waals surface area (Å²) in [4.78, 5) is 0. The van der Waals surface area contributed by atoms with E-state index in [1.54, 1.807) is 5.57 Å². The summed E-state index contributed by atoms with van der Waals surface area (Å²) in [5.41, 5.74) is 9.13. The molecular weight excluding hydrogens is 222 g/mol. The first kappa shape index (κ1) is 12.3. The summed E-state index contributed by atoms with van der Waals surface area (Å²) in [6.45, 7) is 2.88. The van der Waals surface area contributed by atoms with Crippen molar-refractivity contribution in [2.75, 3.05) is 0 Å². The smallest absolute Gasteiger partial charge is 0.0936 e. The van der Waals surface area contributed by atoms with Crippen molar-refractivity contribution < 1.29 is 0 Å². The molecule has 0 aliphatic heterocycles. The summed E-state index contributed by atoms with van der Waals surface area (Å²) in [5, 5.41) is 1.42. The second-order valence-electron chi connectivity index (χ2n) is 4.40. The molecule has 2 heteroatoms. The van der Waals surface area contributed by atoms with Gasteiger partial charge in [0.25, 0.3) is 0 Å². The highest BCUT2D eigenvalue weighted by molar-refractivity contribution is 6.56. The molecule has 1 nitrogen and oxygen atoms in total. The third kappa shape index (κ3) is 3.17. The first-order valence-electron chi connectivity index (χ1n) is 6.26. The molecule has 2 rings (SSSR count). The van der Waals surface area contributed by atoms with Crippen LogP contribution in [0.4, 0.5) is 0 Å². The predicted octanol–water partition coefficient (Wildman–Crippen LogP) is 2.56. The van der Waals surface area contributed by atoms with E-state index in [0.29, 0.717) is 12.1 Å². The fraction of sp³-hybridized carbons (Fsp3) is 0.333. The lowest BCUT2D eigenvalue weighted by Gasteiger charge is -2.12. The molecule has 1 aliphatic carbocycles. The van der Waals surface area contributed by atoms with Gasteiger partial charge in [-0.05, 0) is 17.5 Å². The summed E-state index contributed by atoms with van der Waals surface area (Å²) in [7, 11) is 0.837. The zero-order valence-corrected chi connectivity index (χ0v) is 11.3. The number of allylic oxidation sites excluding steroid dienone is 4. The molecule has 88 valence electrons. The quantitative estimate of drug-likeness (QED) is 0.788. The Labute approximate surface area is 106 Å². The van der Waals surface area contributed by atoms with Gasteiger partial charge in [0, 0.05) is 6.54 Å². The van der Waals surface area contributed by atoms with E-state index in [1.807, 2.05) is 0 Å². The average Bonchev–Trinajstić information content (AvgIpc) is 2.78.